The molecule has 0 bridgehead atoms. The average Bonchev–Trinajstić information content (AvgIpc) is 3.36. The molecule has 2 N–H and O–H groups in total. The van der Waals surface area contributed by atoms with Crippen LogP contribution in [0, 0.1) is 0 Å². The number of H-pyrrole nitrogens is 1. The Balaban J connectivity index is 1.36. The minimum Gasteiger partial charge on any atom is -0.450 e. The van der Waals surface area contributed by atoms with Crippen LogP contribution in [0.2, 0.25) is 0 Å². The van der Waals surface area contributed by atoms with Crippen LogP contribution in [0.3, 0.4) is 0 Å². The number of aromatic amines is 1. The van der Waals surface area contributed by atoms with Gasteiger partial charge in [-0.3, -0.25) is 15.2 Å². The molecule has 12 heteroatoms. The average molecular weight is 531 g/mol. The number of rotatable bonds is 7. The Bertz CT molecular complexity index is 1430. The third-order valence-electron chi connectivity index (χ3n) is 6.33. The van der Waals surface area contributed by atoms with Gasteiger partial charge in [0.1, 0.15) is 5.52 Å². The summed E-state index contributed by atoms with van der Waals surface area (Å²) in [5.74, 6) is 0.791. The number of hydrogen-bond acceptors (Lipinski definition) is 9. The van der Waals surface area contributed by atoms with Gasteiger partial charge in [-0.15, -0.1) is 0 Å². The van der Waals surface area contributed by atoms with Crippen LogP contribution in [0.1, 0.15) is 19.5 Å². The molecule has 1 aliphatic heterocycles. The molecule has 1 saturated heterocycles. The van der Waals surface area contributed by atoms with E-state index in [0.29, 0.717) is 43.1 Å². The maximum Gasteiger partial charge on any atom is 0.413 e. The van der Waals surface area contributed by atoms with E-state index in [9.17, 15) is 9.59 Å². The lowest BCUT2D eigenvalue weighted by molar-refractivity contribution is 0.0775. The normalized spacial score (nSPS) is 13.8. The zero-order chi connectivity index (χ0) is 27.2. The van der Waals surface area contributed by atoms with Crippen molar-refractivity contribution in [2.45, 2.75) is 20.4 Å². The van der Waals surface area contributed by atoms with E-state index >= 15 is 0 Å². The number of fused-ring (bicyclic) bond motifs is 1. The van der Waals surface area contributed by atoms with Crippen molar-refractivity contribution in [1.29, 1.82) is 0 Å². The quantitative estimate of drug-likeness (QED) is 0.364. The van der Waals surface area contributed by atoms with Gasteiger partial charge in [0.2, 0.25) is 5.95 Å². The third kappa shape index (κ3) is 6.12. The molecule has 0 atom stereocenters. The fourth-order valence-corrected chi connectivity index (χ4v) is 4.44. The van der Waals surface area contributed by atoms with Gasteiger partial charge in [0.15, 0.2) is 5.82 Å². The largest absolute Gasteiger partial charge is 0.450 e. The fraction of sp³-hybridized carbons (Fsp3) is 0.333. The maximum atomic E-state index is 11.9. The minimum absolute atomic E-state index is 0.252. The van der Waals surface area contributed by atoms with Crippen LogP contribution in [-0.2, 0) is 16.0 Å². The highest BCUT2D eigenvalue weighted by atomic mass is 16.6. The van der Waals surface area contributed by atoms with E-state index in [4.69, 9.17) is 14.5 Å². The Labute approximate surface area is 225 Å². The molecule has 3 aromatic heterocycles. The van der Waals surface area contributed by atoms with Crippen molar-refractivity contribution in [3.05, 3.63) is 54.6 Å². The number of carbonyl (C=O) groups is 2. The van der Waals surface area contributed by atoms with Gasteiger partial charge >= 0.3 is 12.2 Å². The number of piperazine rings is 1. The number of hydrogen-bond donors (Lipinski definition) is 2. The smallest absolute Gasteiger partial charge is 0.413 e. The molecular formula is C27H30N8O4. The summed E-state index contributed by atoms with van der Waals surface area (Å²) in [4.78, 5) is 49.1. The molecule has 1 aromatic carbocycles. The number of imidazole rings is 1. The predicted octanol–water partition coefficient (Wildman–Crippen LogP) is 3.92. The van der Waals surface area contributed by atoms with Crippen molar-refractivity contribution in [3.8, 4) is 22.5 Å². The molecule has 1 fully saturated rings. The van der Waals surface area contributed by atoms with Crippen molar-refractivity contribution >= 4 is 29.2 Å². The van der Waals surface area contributed by atoms with Crippen LogP contribution in [0.5, 0.6) is 0 Å². The molecule has 5 rings (SSSR count). The first-order valence-electron chi connectivity index (χ1n) is 12.9. The van der Waals surface area contributed by atoms with E-state index in [0.717, 1.165) is 35.5 Å². The Morgan fingerprint density at radius 1 is 0.974 bits per heavy atom. The molecule has 0 spiro atoms. The molecule has 39 heavy (non-hydrogen) atoms. The molecule has 4 heterocycles. The lowest BCUT2D eigenvalue weighted by Gasteiger charge is -2.33. The zero-order valence-corrected chi connectivity index (χ0v) is 21.9. The van der Waals surface area contributed by atoms with E-state index in [2.05, 4.69) is 30.2 Å². The number of benzene rings is 1. The number of nitrogens with one attached hydrogen (secondary N) is 2. The minimum atomic E-state index is -0.587. The lowest BCUT2D eigenvalue weighted by atomic mass is 10.0. The van der Waals surface area contributed by atoms with Crippen molar-refractivity contribution in [2.24, 2.45) is 0 Å². The molecule has 202 valence electrons. The number of ether oxygens (including phenoxy) is 2. The van der Waals surface area contributed by atoms with Crippen LogP contribution in [0.15, 0.2) is 48.9 Å². The molecule has 12 nitrogen and oxygen atoms in total. The molecule has 0 aliphatic carbocycles. The summed E-state index contributed by atoms with van der Waals surface area (Å²) in [6.07, 6.45) is 4.35. The van der Waals surface area contributed by atoms with Gasteiger partial charge in [0.05, 0.1) is 24.4 Å². The highest BCUT2D eigenvalue weighted by Crippen LogP contribution is 2.32. The molecule has 0 unspecified atom stereocenters. The Morgan fingerprint density at radius 3 is 2.44 bits per heavy atom. The number of aromatic nitrogens is 5. The third-order valence-corrected chi connectivity index (χ3v) is 6.33. The van der Waals surface area contributed by atoms with Crippen LogP contribution >= 0.6 is 0 Å². The second-order valence-electron chi connectivity index (χ2n) is 8.92. The molecule has 4 aromatic rings. The molecule has 2 amide bonds. The summed E-state index contributed by atoms with van der Waals surface area (Å²) in [6, 6.07) is 9.72. The Morgan fingerprint density at radius 2 is 1.74 bits per heavy atom. The monoisotopic (exact) mass is 530 g/mol. The highest BCUT2D eigenvalue weighted by Gasteiger charge is 2.22. The lowest BCUT2D eigenvalue weighted by Crippen LogP contribution is -2.48. The maximum absolute atomic E-state index is 11.9. The second-order valence-corrected chi connectivity index (χ2v) is 8.92. The van der Waals surface area contributed by atoms with Gasteiger partial charge in [0, 0.05) is 62.4 Å². The standard InChI is InChI=1S/C27H30N8O4/c1-3-38-26(36)33-25-31-22-15-19(14-21(23(22)32-25)24-28-8-5-9-29-24)18-6-7-20(30-16-18)17-34-10-12-35(13-11-34)27(37)39-4-2/h5-9,14-16H,3-4,10-13,17H2,1-2H3,(H2,31,32,33,36). The van der Waals surface area contributed by atoms with Gasteiger partial charge in [-0.2, -0.15) is 0 Å². The van der Waals surface area contributed by atoms with E-state index in [1.807, 2.05) is 37.4 Å². The Kier molecular flexibility index (Phi) is 7.92. The Hall–Kier alpha value is -4.58. The van der Waals surface area contributed by atoms with Crippen LogP contribution in [-0.4, -0.2) is 86.3 Å². The van der Waals surface area contributed by atoms with Crippen LogP contribution < -0.4 is 5.32 Å². The van der Waals surface area contributed by atoms with E-state index in [1.165, 1.54) is 0 Å². The topological polar surface area (TPSA) is 138 Å². The van der Waals surface area contributed by atoms with Crippen LogP contribution in [0.4, 0.5) is 15.5 Å². The first kappa shape index (κ1) is 26.0. The van der Waals surface area contributed by atoms with Crippen molar-refractivity contribution in [2.75, 3.05) is 44.7 Å². The number of pyridine rings is 1. The van der Waals surface area contributed by atoms with E-state index < -0.39 is 6.09 Å². The zero-order valence-electron chi connectivity index (χ0n) is 21.9. The summed E-state index contributed by atoms with van der Waals surface area (Å²) in [7, 11) is 0. The number of amides is 2. The van der Waals surface area contributed by atoms with Gasteiger partial charge in [-0.25, -0.2) is 24.5 Å². The summed E-state index contributed by atoms with van der Waals surface area (Å²) >= 11 is 0. The predicted molar refractivity (Wildman–Crippen MR) is 145 cm³/mol. The van der Waals surface area contributed by atoms with E-state index in [-0.39, 0.29) is 18.6 Å². The highest BCUT2D eigenvalue weighted by molar-refractivity contribution is 5.96. The van der Waals surface area contributed by atoms with E-state index in [1.54, 1.807) is 30.3 Å². The van der Waals surface area contributed by atoms with Gasteiger partial charge in [0.25, 0.3) is 0 Å². The fourth-order valence-electron chi connectivity index (χ4n) is 4.44. The molecule has 1 aliphatic rings. The summed E-state index contributed by atoms with van der Waals surface area (Å²) in [6.45, 7) is 7.69. The SMILES string of the molecule is CCOC(=O)Nc1nc2c(-c3ncccn3)cc(-c3ccc(CN4CCN(C(=O)OCC)CC4)nc3)cc2[nH]1. The van der Waals surface area contributed by atoms with Gasteiger partial charge in [-0.05, 0) is 43.7 Å². The number of anilines is 1. The molecular weight excluding hydrogens is 500 g/mol. The summed E-state index contributed by atoms with van der Waals surface area (Å²) in [5.41, 5.74) is 4.82. The van der Waals surface area contributed by atoms with Gasteiger partial charge < -0.3 is 19.4 Å². The number of nitrogens with zero attached hydrogens (tertiary/aromatic N) is 6. The molecule has 0 saturated carbocycles. The summed E-state index contributed by atoms with van der Waals surface area (Å²) in [5, 5.41) is 2.62. The molecule has 0 radical (unpaired) electrons. The first-order valence-corrected chi connectivity index (χ1v) is 12.9. The first-order chi connectivity index (χ1) is 19.0. The number of carbonyl (C=O) groups excluding carboxylic acids is 2. The second kappa shape index (κ2) is 11.9. The van der Waals surface area contributed by atoms with Crippen molar-refractivity contribution in [1.82, 2.24) is 34.7 Å². The van der Waals surface area contributed by atoms with Gasteiger partial charge in [-0.1, -0.05) is 6.07 Å². The van der Waals surface area contributed by atoms with Crippen molar-refractivity contribution < 1.29 is 19.1 Å². The summed E-state index contributed by atoms with van der Waals surface area (Å²) < 4.78 is 10.1. The van der Waals surface area contributed by atoms with Crippen LogP contribution in [0.25, 0.3) is 33.5 Å². The van der Waals surface area contributed by atoms with Crippen molar-refractivity contribution in [3.63, 3.8) is 0 Å².